The van der Waals surface area contributed by atoms with E-state index in [2.05, 4.69) is 15.5 Å². The van der Waals surface area contributed by atoms with E-state index in [1.807, 2.05) is 54.6 Å². The van der Waals surface area contributed by atoms with Crippen molar-refractivity contribution in [3.8, 4) is 11.4 Å². The molecule has 5 rings (SSSR count). The van der Waals surface area contributed by atoms with E-state index in [0.29, 0.717) is 26.6 Å². The van der Waals surface area contributed by atoms with Gasteiger partial charge in [-0.05, 0) is 6.07 Å². The molecule has 25 heavy (non-hydrogen) atoms. The summed E-state index contributed by atoms with van der Waals surface area (Å²) in [5.41, 5.74) is 2.39. The average Bonchev–Trinajstić information content (AvgIpc) is 3.28. The minimum atomic E-state index is -0.272. The van der Waals surface area contributed by atoms with Gasteiger partial charge in [0.15, 0.2) is 5.82 Å². The van der Waals surface area contributed by atoms with Crippen molar-refractivity contribution in [2.45, 2.75) is 0 Å². The number of carbonyl (C=O) groups is 1. The highest BCUT2D eigenvalue weighted by Crippen LogP contribution is 2.29. The monoisotopic (exact) mass is 346 g/mol. The highest BCUT2D eigenvalue weighted by atomic mass is 32.1. The molecule has 0 aliphatic carbocycles. The first-order valence-electron chi connectivity index (χ1n) is 7.62. The van der Waals surface area contributed by atoms with E-state index >= 15 is 0 Å². The Kier molecular flexibility index (Phi) is 2.86. The molecule has 120 valence electrons. The Morgan fingerprint density at radius 2 is 1.68 bits per heavy atom. The summed E-state index contributed by atoms with van der Waals surface area (Å²) < 4.78 is 1.85. The number of hydrogen-bond donors (Lipinski definition) is 1. The summed E-state index contributed by atoms with van der Waals surface area (Å²) in [6.07, 6.45) is 0. The van der Waals surface area contributed by atoms with Crippen LogP contribution in [0.5, 0.6) is 0 Å². The number of carbonyl (C=O) groups excluding carboxylic acids is 1. The van der Waals surface area contributed by atoms with Crippen LogP contribution >= 0.6 is 11.3 Å². The number of benzene rings is 2. The van der Waals surface area contributed by atoms with E-state index in [-0.39, 0.29) is 11.5 Å². The van der Waals surface area contributed by atoms with Gasteiger partial charge in [-0.1, -0.05) is 59.9 Å². The van der Waals surface area contributed by atoms with E-state index < -0.39 is 0 Å². The molecule has 4 aromatic rings. The number of para-hydroxylation sites is 1. The number of fused-ring (bicyclic) bond motifs is 2. The highest BCUT2D eigenvalue weighted by Gasteiger charge is 2.27. The smallest absolute Gasteiger partial charge is 0.277 e. The topological polar surface area (TPSA) is 76.4 Å². The van der Waals surface area contributed by atoms with Crippen LogP contribution in [0, 0.1) is 0 Å². The lowest BCUT2D eigenvalue weighted by Gasteiger charge is -1.95. The summed E-state index contributed by atoms with van der Waals surface area (Å²) in [5.74, 6) is 0.215. The quantitative estimate of drug-likeness (QED) is 0.569. The molecule has 0 fully saturated rings. The van der Waals surface area contributed by atoms with Gasteiger partial charge in [0, 0.05) is 16.8 Å². The molecule has 0 bridgehead atoms. The number of thiazole rings is 1. The van der Waals surface area contributed by atoms with Crippen molar-refractivity contribution in [1.29, 1.82) is 0 Å². The number of aromatic nitrogens is 3. The summed E-state index contributed by atoms with van der Waals surface area (Å²) in [6, 6.07) is 16.7. The molecular formula is C18H10N4O2S. The average molecular weight is 346 g/mol. The SMILES string of the molecule is O=C1Nc2ccccc2C1=c1sc2nnc(-c3ccccc3)n2c1=O. The fourth-order valence-electron chi connectivity index (χ4n) is 3.03. The van der Waals surface area contributed by atoms with Crippen molar-refractivity contribution in [2.24, 2.45) is 0 Å². The zero-order valence-electron chi connectivity index (χ0n) is 12.8. The van der Waals surface area contributed by atoms with Gasteiger partial charge in [0.05, 0.1) is 5.57 Å². The molecule has 0 unspecified atom stereocenters. The van der Waals surface area contributed by atoms with E-state index in [9.17, 15) is 9.59 Å². The summed E-state index contributed by atoms with van der Waals surface area (Å²) in [5, 5.41) is 11.0. The van der Waals surface area contributed by atoms with Crippen LogP contribution in [-0.4, -0.2) is 20.5 Å². The summed E-state index contributed by atoms with van der Waals surface area (Å²) in [6.45, 7) is 0. The van der Waals surface area contributed by atoms with Crippen molar-refractivity contribution < 1.29 is 4.79 Å². The van der Waals surface area contributed by atoms with E-state index in [0.717, 1.165) is 11.1 Å². The summed E-state index contributed by atoms with van der Waals surface area (Å²) >= 11 is 1.18. The van der Waals surface area contributed by atoms with Crippen LogP contribution in [0.3, 0.4) is 0 Å². The lowest BCUT2D eigenvalue weighted by Crippen LogP contribution is -2.28. The number of nitrogens with one attached hydrogen (secondary N) is 1. The van der Waals surface area contributed by atoms with E-state index in [1.165, 1.54) is 15.7 Å². The van der Waals surface area contributed by atoms with Crippen LogP contribution in [0.25, 0.3) is 21.9 Å². The number of anilines is 1. The molecule has 0 saturated heterocycles. The fraction of sp³-hybridized carbons (Fsp3) is 0. The van der Waals surface area contributed by atoms with Gasteiger partial charge in [0.25, 0.3) is 11.5 Å². The number of nitrogens with zero attached hydrogens (tertiary/aromatic N) is 3. The Hall–Kier alpha value is -3.32. The Morgan fingerprint density at radius 3 is 2.52 bits per heavy atom. The molecule has 6 nitrogen and oxygen atoms in total. The maximum atomic E-state index is 13.0. The minimum Gasteiger partial charge on any atom is -0.321 e. The largest absolute Gasteiger partial charge is 0.321 e. The fourth-order valence-corrected chi connectivity index (χ4v) is 4.04. The van der Waals surface area contributed by atoms with Gasteiger partial charge in [0.2, 0.25) is 4.96 Å². The standard InChI is InChI=1S/C18H10N4O2S/c23-16-13(11-8-4-5-9-12(11)19-16)14-17(24)22-15(20-21-18(22)25-14)10-6-2-1-3-7-10/h1-9H,(H,19,23). The molecular weight excluding hydrogens is 336 g/mol. The molecule has 0 atom stereocenters. The second kappa shape index (κ2) is 5.09. The molecule has 0 spiro atoms. The first-order chi connectivity index (χ1) is 12.2. The Morgan fingerprint density at radius 1 is 0.920 bits per heavy atom. The maximum absolute atomic E-state index is 13.0. The predicted octanol–water partition coefficient (Wildman–Crippen LogP) is 1.69. The number of hydrogen-bond acceptors (Lipinski definition) is 5. The number of rotatable bonds is 1. The molecule has 2 aromatic carbocycles. The van der Waals surface area contributed by atoms with Crippen molar-refractivity contribution in [1.82, 2.24) is 14.6 Å². The van der Waals surface area contributed by atoms with Crippen LogP contribution in [0.2, 0.25) is 0 Å². The first-order valence-corrected chi connectivity index (χ1v) is 8.44. The van der Waals surface area contributed by atoms with Crippen LogP contribution in [-0.2, 0) is 4.79 Å². The second-order valence-corrected chi connectivity index (χ2v) is 6.60. The Bertz CT molecular complexity index is 1260. The summed E-state index contributed by atoms with van der Waals surface area (Å²) in [4.78, 5) is 25.9. The predicted molar refractivity (Wildman–Crippen MR) is 95.4 cm³/mol. The van der Waals surface area contributed by atoms with Crippen LogP contribution < -0.4 is 15.4 Å². The molecule has 1 aliphatic rings. The van der Waals surface area contributed by atoms with Gasteiger partial charge in [-0.2, -0.15) is 0 Å². The molecule has 0 saturated carbocycles. The van der Waals surface area contributed by atoms with Gasteiger partial charge >= 0.3 is 0 Å². The van der Waals surface area contributed by atoms with Gasteiger partial charge < -0.3 is 5.32 Å². The molecule has 7 heteroatoms. The third kappa shape index (κ3) is 1.96. The van der Waals surface area contributed by atoms with Crippen LogP contribution in [0.4, 0.5) is 5.69 Å². The summed E-state index contributed by atoms with van der Waals surface area (Å²) in [7, 11) is 0. The van der Waals surface area contributed by atoms with Crippen molar-refractivity contribution in [2.75, 3.05) is 5.32 Å². The van der Waals surface area contributed by atoms with E-state index in [4.69, 9.17) is 0 Å². The molecule has 1 N–H and O–H groups in total. The zero-order chi connectivity index (χ0) is 17.0. The third-order valence-corrected chi connectivity index (χ3v) is 5.18. The van der Waals surface area contributed by atoms with E-state index in [1.54, 1.807) is 0 Å². The van der Waals surface area contributed by atoms with Gasteiger partial charge in [0.1, 0.15) is 4.53 Å². The molecule has 2 aromatic heterocycles. The van der Waals surface area contributed by atoms with Crippen LogP contribution in [0.1, 0.15) is 5.56 Å². The van der Waals surface area contributed by atoms with Crippen LogP contribution in [0.15, 0.2) is 59.4 Å². The lowest BCUT2D eigenvalue weighted by molar-refractivity contribution is -0.110. The number of amides is 1. The second-order valence-electron chi connectivity index (χ2n) is 5.62. The highest BCUT2D eigenvalue weighted by molar-refractivity contribution is 7.15. The van der Waals surface area contributed by atoms with Gasteiger partial charge in [-0.25, -0.2) is 4.40 Å². The van der Waals surface area contributed by atoms with Crippen molar-refractivity contribution >= 4 is 33.5 Å². The van der Waals surface area contributed by atoms with Crippen molar-refractivity contribution in [3.05, 3.63) is 75.0 Å². The van der Waals surface area contributed by atoms with Gasteiger partial charge in [-0.15, -0.1) is 10.2 Å². The Labute approximate surface area is 145 Å². The Balaban J connectivity index is 1.86. The molecule has 1 aliphatic heterocycles. The third-order valence-electron chi connectivity index (χ3n) is 4.15. The lowest BCUT2D eigenvalue weighted by atomic mass is 10.1. The first kappa shape index (κ1) is 14.1. The normalized spacial score (nSPS) is 15.4. The molecule has 1 amide bonds. The zero-order valence-corrected chi connectivity index (χ0v) is 13.6. The molecule has 0 radical (unpaired) electrons. The van der Waals surface area contributed by atoms with Crippen molar-refractivity contribution in [3.63, 3.8) is 0 Å². The maximum Gasteiger partial charge on any atom is 0.277 e. The van der Waals surface area contributed by atoms with Gasteiger partial charge in [-0.3, -0.25) is 9.59 Å². The molecule has 3 heterocycles. The minimum absolute atomic E-state index is 0.267.